The van der Waals surface area contributed by atoms with Crippen molar-refractivity contribution in [1.82, 2.24) is 15.2 Å². The highest BCUT2D eigenvalue weighted by Crippen LogP contribution is 2.17. The highest BCUT2D eigenvalue weighted by Gasteiger charge is 2.10. The molecule has 0 radical (unpaired) electrons. The fourth-order valence-corrected chi connectivity index (χ4v) is 3.03. The molecular formula is C18H25N3O2. The van der Waals surface area contributed by atoms with Crippen molar-refractivity contribution in [2.45, 2.75) is 19.3 Å². The number of fused-ring (bicyclic) bond motifs is 1. The third-order valence-electron chi connectivity index (χ3n) is 4.35. The highest BCUT2D eigenvalue weighted by atomic mass is 16.5. The number of para-hydroxylation sites is 1. The molecule has 124 valence electrons. The molecule has 1 aromatic heterocycles. The summed E-state index contributed by atoms with van der Waals surface area (Å²) in [5, 5.41) is 4.16. The van der Waals surface area contributed by atoms with Crippen molar-refractivity contribution in [2.24, 2.45) is 0 Å². The van der Waals surface area contributed by atoms with Crippen LogP contribution >= 0.6 is 0 Å². The van der Waals surface area contributed by atoms with Crippen molar-refractivity contribution in [1.29, 1.82) is 0 Å². The number of aromatic amines is 1. The topological polar surface area (TPSA) is 57.4 Å². The number of ether oxygens (including phenoxy) is 1. The molecule has 23 heavy (non-hydrogen) atoms. The summed E-state index contributed by atoms with van der Waals surface area (Å²) in [6.07, 6.45) is 4.51. The van der Waals surface area contributed by atoms with Crippen LogP contribution in [-0.4, -0.2) is 55.2 Å². The maximum absolute atomic E-state index is 12.1. The van der Waals surface area contributed by atoms with Crippen LogP contribution in [0.2, 0.25) is 0 Å². The monoisotopic (exact) mass is 315 g/mol. The van der Waals surface area contributed by atoms with Crippen LogP contribution in [0.15, 0.2) is 30.5 Å². The summed E-state index contributed by atoms with van der Waals surface area (Å²) >= 11 is 0. The van der Waals surface area contributed by atoms with Gasteiger partial charge in [0, 0.05) is 36.7 Å². The minimum atomic E-state index is 0.0983. The van der Waals surface area contributed by atoms with Crippen molar-refractivity contribution in [3.63, 3.8) is 0 Å². The van der Waals surface area contributed by atoms with Gasteiger partial charge in [0.15, 0.2) is 0 Å². The van der Waals surface area contributed by atoms with Gasteiger partial charge in [-0.3, -0.25) is 9.69 Å². The number of nitrogens with one attached hydrogen (secondary N) is 2. The Morgan fingerprint density at radius 3 is 2.91 bits per heavy atom. The first-order valence-corrected chi connectivity index (χ1v) is 8.45. The average Bonchev–Trinajstić information content (AvgIpc) is 2.99. The largest absolute Gasteiger partial charge is 0.379 e. The zero-order chi connectivity index (χ0) is 15.9. The average molecular weight is 315 g/mol. The second-order valence-corrected chi connectivity index (χ2v) is 6.05. The Labute approximate surface area is 137 Å². The van der Waals surface area contributed by atoms with Gasteiger partial charge in [-0.25, -0.2) is 0 Å². The molecular weight excluding hydrogens is 290 g/mol. The molecule has 5 nitrogen and oxygen atoms in total. The van der Waals surface area contributed by atoms with E-state index in [9.17, 15) is 4.79 Å². The molecule has 0 saturated carbocycles. The van der Waals surface area contributed by atoms with E-state index in [4.69, 9.17) is 4.74 Å². The second-order valence-electron chi connectivity index (χ2n) is 6.05. The number of hydrogen-bond donors (Lipinski definition) is 2. The Hall–Kier alpha value is -1.85. The van der Waals surface area contributed by atoms with Gasteiger partial charge < -0.3 is 15.0 Å². The minimum absolute atomic E-state index is 0.0983. The molecule has 0 aliphatic carbocycles. The molecule has 5 heteroatoms. The maximum Gasteiger partial charge on any atom is 0.224 e. The zero-order valence-electron chi connectivity index (χ0n) is 13.5. The van der Waals surface area contributed by atoms with E-state index < -0.39 is 0 Å². The number of morpholine rings is 1. The van der Waals surface area contributed by atoms with Gasteiger partial charge in [0.2, 0.25) is 5.91 Å². The number of carbonyl (C=O) groups is 1. The first kappa shape index (κ1) is 16.0. The molecule has 2 aromatic rings. The van der Waals surface area contributed by atoms with Crippen molar-refractivity contribution < 1.29 is 9.53 Å². The Morgan fingerprint density at radius 1 is 1.22 bits per heavy atom. The van der Waals surface area contributed by atoms with Crippen molar-refractivity contribution in [3.05, 3.63) is 36.0 Å². The molecule has 2 heterocycles. The van der Waals surface area contributed by atoms with Gasteiger partial charge in [0.05, 0.1) is 19.6 Å². The van der Waals surface area contributed by atoms with Crippen LogP contribution in [0.3, 0.4) is 0 Å². The molecule has 0 spiro atoms. The lowest BCUT2D eigenvalue weighted by atomic mass is 10.1. The lowest BCUT2D eigenvalue weighted by molar-refractivity contribution is -0.120. The van der Waals surface area contributed by atoms with E-state index in [0.29, 0.717) is 6.42 Å². The number of hydrogen-bond acceptors (Lipinski definition) is 3. The maximum atomic E-state index is 12.1. The number of amides is 1. The van der Waals surface area contributed by atoms with E-state index in [1.165, 1.54) is 0 Å². The molecule has 0 unspecified atom stereocenters. The number of benzene rings is 1. The number of carbonyl (C=O) groups excluding carboxylic acids is 1. The van der Waals surface area contributed by atoms with E-state index in [0.717, 1.165) is 68.7 Å². The van der Waals surface area contributed by atoms with Crippen LogP contribution in [0, 0.1) is 0 Å². The molecule has 1 amide bonds. The Balaban J connectivity index is 1.35. The summed E-state index contributed by atoms with van der Waals surface area (Å²) in [6, 6.07) is 8.08. The van der Waals surface area contributed by atoms with Gasteiger partial charge in [-0.15, -0.1) is 0 Å². The summed E-state index contributed by atoms with van der Waals surface area (Å²) in [4.78, 5) is 17.7. The molecule has 1 saturated heterocycles. The van der Waals surface area contributed by atoms with Gasteiger partial charge in [-0.2, -0.15) is 0 Å². The lowest BCUT2D eigenvalue weighted by Crippen LogP contribution is -2.37. The molecule has 2 N–H and O–H groups in total. The third kappa shape index (κ3) is 4.56. The first-order valence-electron chi connectivity index (χ1n) is 8.45. The quantitative estimate of drug-likeness (QED) is 0.768. The standard InChI is InChI=1S/C18H25N3O2/c22-18(13-15-14-20-17-6-2-1-5-16(15)17)19-7-3-4-8-21-9-11-23-12-10-21/h1-2,5-6,14,20H,3-4,7-13H2,(H,19,22). The number of unbranched alkanes of at least 4 members (excludes halogenated alkanes) is 1. The van der Waals surface area contributed by atoms with Crippen molar-refractivity contribution in [3.8, 4) is 0 Å². The summed E-state index contributed by atoms with van der Waals surface area (Å²) < 4.78 is 5.34. The normalized spacial score (nSPS) is 15.8. The molecule has 1 aromatic carbocycles. The summed E-state index contributed by atoms with van der Waals surface area (Å²) in [5.41, 5.74) is 2.15. The van der Waals surface area contributed by atoms with E-state index in [1.54, 1.807) is 0 Å². The lowest BCUT2D eigenvalue weighted by Gasteiger charge is -2.26. The zero-order valence-corrected chi connectivity index (χ0v) is 13.5. The van der Waals surface area contributed by atoms with Crippen LogP contribution in [-0.2, 0) is 16.0 Å². The first-order chi connectivity index (χ1) is 11.3. The van der Waals surface area contributed by atoms with Gasteiger partial charge in [-0.1, -0.05) is 18.2 Å². The summed E-state index contributed by atoms with van der Waals surface area (Å²) in [6.45, 7) is 5.62. The van der Waals surface area contributed by atoms with Crippen LogP contribution in [0.25, 0.3) is 10.9 Å². The SMILES string of the molecule is O=C(Cc1c[nH]c2ccccc12)NCCCCN1CCOCC1. The molecule has 1 aliphatic rings. The third-order valence-corrected chi connectivity index (χ3v) is 4.35. The van der Waals surface area contributed by atoms with Crippen LogP contribution in [0.1, 0.15) is 18.4 Å². The number of aromatic nitrogens is 1. The summed E-state index contributed by atoms with van der Waals surface area (Å²) in [7, 11) is 0. The van der Waals surface area contributed by atoms with Crippen LogP contribution in [0.4, 0.5) is 0 Å². The Kier molecular flexibility index (Phi) is 5.66. The smallest absolute Gasteiger partial charge is 0.224 e. The molecule has 1 fully saturated rings. The highest BCUT2D eigenvalue weighted by molar-refractivity contribution is 5.88. The Morgan fingerprint density at radius 2 is 2.04 bits per heavy atom. The molecule has 3 rings (SSSR count). The number of nitrogens with zero attached hydrogens (tertiary/aromatic N) is 1. The Bertz CT molecular complexity index is 632. The molecule has 0 bridgehead atoms. The fourth-order valence-electron chi connectivity index (χ4n) is 3.03. The van der Waals surface area contributed by atoms with Gasteiger partial charge in [0.1, 0.15) is 0 Å². The molecule has 0 atom stereocenters. The second kappa shape index (κ2) is 8.13. The van der Waals surface area contributed by atoms with Crippen LogP contribution < -0.4 is 5.32 Å². The fraction of sp³-hybridized carbons (Fsp3) is 0.500. The van der Waals surface area contributed by atoms with E-state index in [1.807, 2.05) is 24.4 Å². The summed E-state index contributed by atoms with van der Waals surface area (Å²) in [5.74, 6) is 0.0983. The van der Waals surface area contributed by atoms with E-state index in [2.05, 4.69) is 21.3 Å². The van der Waals surface area contributed by atoms with Crippen molar-refractivity contribution >= 4 is 16.8 Å². The predicted octanol–water partition coefficient (Wildman–Crippen LogP) is 1.94. The number of rotatable bonds is 7. The van der Waals surface area contributed by atoms with Gasteiger partial charge in [0.25, 0.3) is 0 Å². The van der Waals surface area contributed by atoms with Gasteiger partial charge in [-0.05, 0) is 31.0 Å². The predicted molar refractivity (Wildman–Crippen MR) is 91.5 cm³/mol. The van der Waals surface area contributed by atoms with E-state index >= 15 is 0 Å². The van der Waals surface area contributed by atoms with Crippen molar-refractivity contribution in [2.75, 3.05) is 39.4 Å². The van der Waals surface area contributed by atoms with Gasteiger partial charge >= 0.3 is 0 Å². The molecule has 1 aliphatic heterocycles. The van der Waals surface area contributed by atoms with Crippen LogP contribution in [0.5, 0.6) is 0 Å². The number of H-pyrrole nitrogens is 1. The minimum Gasteiger partial charge on any atom is -0.379 e. The van der Waals surface area contributed by atoms with E-state index in [-0.39, 0.29) is 5.91 Å².